The Labute approximate surface area is 152 Å². The van der Waals surface area contributed by atoms with Gasteiger partial charge in [-0.3, -0.25) is 24.1 Å². The molecule has 3 rings (SSSR count). The number of hydrogen-bond acceptors (Lipinski definition) is 6. The van der Waals surface area contributed by atoms with E-state index >= 15 is 0 Å². The molecule has 1 saturated carbocycles. The fourth-order valence-corrected chi connectivity index (χ4v) is 3.77. The number of amides is 4. The van der Waals surface area contributed by atoms with E-state index in [1.165, 1.54) is 4.90 Å². The van der Waals surface area contributed by atoms with Crippen LogP contribution in [0.5, 0.6) is 0 Å². The third-order valence-electron chi connectivity index (χ3n) is 5.41. The summed E-state index contributed by atoms with van der Waals surface area (Å²) in [6.07, 6.45) is 2.50. The molecule has 0 N–H and O–H groups in total. The van der Waals surface area contributed by atoms with E-state index in [0.29, 0.717) is 37.3 Å². The Bertz CT molecular complexity index is 658. The van der Waals surface area contributed by atoms with Gasteiger partial charge in [0.1, 0.15) is 0 Å². The first-order valence-corrected chi connectivity index (χ1v) is 8.96. The van der Waals surface area contributed by atoms with Crippen LogP contribution in [0.2, 0.25) is 5.82 Å². The third-order valence-corrected chi connectivity index (χ3v) is 5.41. The van der Waals surface area contributed by atoms with E-state index in [1.54, 1.807) is 6.92 Å². The Balaban J connectivity index is 1.48. The van der Waals surface area contributed by atoms with Crippen molar-refractivity contribution in [1.82, 2.24) is 9.96 Å². The third kappa shape index (κ3) is 3.52. The summed E-state index contributed by atoms with van der Waals surface area (Å²) in [6, 6.07) is 0. The van der Waals surface area contributed by atoms with Crippen molar-refractivity contribution < 1.29 is 28.8 Å². The van der Waals surface area contributed by atoms with E-state index in [9.17, 15) is 24.0 Å². The minimum atomic E-state index is -0.955. The number of nitrogens with zero attached hydrogens (tertiary/aromatic N) is 2. The molecule has 0 spiro atoms. The van der Waals surface area contributed by atoms with Crippen molar-refractivity contribution in [3.63, 3.8) is 0 Å². The molecule has 0 bridgehead atoms. The zero-order valence-corrected chi connectivity index (χ0v) is 14.7. The summed E-state index contributed by atoms with van der Waals surface area (Å²) < 4.78 is 0. The average molecular weight is 360 g/mol. The number of hydrogen-bond donors (Lipinski definition) is 0. The van der Waals surface area contributed by atoms with Gasteiger partial charge in [-0.25, -0.2) is 4.79 Å². The number of hydroxylamine groups is 2. The molecule has 4 amide bonds. The number of imide groups is 2. The zero-order valence-electron chi connectivity index (χ0n) is 14.7. The maximum absolute atomic E-state index is 12.2. The highest BCUT2D eigenvalue weighted by molar-refractivity contribution is 6.29. The minimum absolute atomic E-state index is 0.126. The van der Waals surface area contributed by atoms with Crippen LogP contribution >= 0.6 is 0 Å². The van der Waals surface area contributed by atoms with Crippen LogP contribution in [-0.2, 0) is 28.8 Å². The minimum Gasteiger partial charge on any atom is -0.330 e. The highest BCUT2D eigenvalue weighted by atomic mass is 16.7. The molecule has 3 fully saturated rings. The van der Waals surface area contributed by atoms with Crippen molar-refractivity contribution in [2.45, 2.75) is 51.3 Å². The predicted octanol–water partition coefficient (Wildman–Crippen LogP) is 0.362. The maximum atomic E-state index is 12.2. The number of carbonyl (C=O) groups is 5. The first-order chi connectivity index (χ1) is 12.3. The number of carbonyl (C=O) groups excluding carboxylic acids is 5. The standard InChI is InChI=1S/C17H21BN2O6/c1-9-6-13(21)19(15(9)23)8-10-2-4-11(5-3-10)17(25)26-20-14(22)7-12(18)16(20)24/h9-12H,2-8H2,1H3. The molecule has 0 aromatic heterocycles. The lowest BCUT2D eigenvalue weighted by Crippen LogP contribution is -2.38. The Morgan fingerprint density at radius 3 is 2.19 bits per heavy atom. The molecule has 26 heavy (non-hydrogen) atoms. The van der Waals surface area contributed by atoms with Crippen LogP contribution in [0.3, 0.4) is 0 Å². The molecule has 0 aromatic rings. The Morgan fingerprint density at radius 1 is 1.04 bits per heavy atom. The predicted molar refractivity (Wildman–Crippen MR) is 88.0 cm³/mol. The first-order valence-electron chi connectivity index (χ1n) is 8.96. The van der Waals surface area contributed by atoms with Gasteiger partial charge in [0.25, 0.3) is 11.8 Å². The molecule has 1 aliphatic carbocycles. The SMILES string of the molecule is [B]C1CC(=O)N(OC(=O)C2CCC(CN3C(=O)CC(C)C3=O)CC2)C1=O. The molecular formula is C17H21BN2O6. The van der Waals surface area contributed by atoms with Crippen LogP contribution in [0.15, 0.2) is 0 Å². The highest BCUT2D eigenvalue weighted by Crippen LogP contribution is 2.32. The summed E-state index contributed by atoms with van der Waals surface area (Å²) in [6.45, 7) is 2.14. The molecule has 2 unspecified atom stereocenters. The average Bonchev–Trinajstić information content (AvgIpc) is 2.98. The van der Waals surface area contributed by atoms with Gasteiger partial charge in [-0.1, -0.05) is 6.92 Å². The molecule has 2 saturated heterocycles. The molecule has 2 radical (unpaired) electrons. The van der Waals surface area contributed by atoms with Crippen LogP contribution < -0.4 is 0 Å². The van der Waals surface area contributed by atoms with Crippen molar-refractivity contribution in [2.75, 3.05) is 6.54 Å². The molecule has 3 aliphatic rings. The van der Waals surface area contributed by atoms with Crippen LogP contribution in [0.25, 0.3) is 0 Å². The van der Waals surface area contributed by atoms with Gasteiger partial charge in [-0.2, -0.15) is 0 Å². The van der Waals surface area contributed by atoms with Crippen LogP contribution in [0, 0.1) is 17.8 Å². The van der Waals surface area contributed by atoms with E-state index < -0.39 is 29.5 Å². The fraction of sp³-hybridized carbons (Fsp3) is 0.706. The molecule has 2 atom stereocenters. The lowest BCUT2D eigenvalue weighted by molar-refractivity contribution is -0.201. The second-order valence-corrected chi connectivity index (χ2v) is 7.41. The van der Waals surface area contributed by atoms with E-state index in [4.69, 9.17) is 12.7 Å². The summed E-state index contributed by atoms with van der Waals surface area (Å²) in [7, 11) is 5.48. The second-order valence-electron chi connectivity index (χ2n) is 7.41. The Morgan fingerprint density at radius 2 is 1.69 bits per heavy atom. The van der Waals surface area contributed by atoms with Gasteiger partial charge in [-0.05, 0) is 31.6 Å². The monoisotopic (exact) mass is 360 g/mol. The van der Waals surface area contributed by atoms with Crippen molar-refractivity contribution in [3.05, 3.63) is 0 Å². The number of likely N-dealkylation sites (tertiary alicyclic amines) is 1. The van der Waals surface area contributed by atoms with E-state index in [0.717, 1.165) is 0 Å². The molecular weight excluding hydrogens is 339 g/mol. The highest BCUT2D eigenvalue weighted by Gasteiger charge is 2.41. The summed E-state index contributed by atoms with van der Waals surface area (Å²) in [5, 5.41) is 0.474. The van der Waals surface area contributed by atoms with Gasteiger partial charge >= 0.3 is 5.97 Å². The van der Waals surface area contributed by atoms with Crippen LogP contribution in [0.1, 0.15) is 45.4 Å². The van der Waals surface area contributed by atoms with E-state index in [-0.39, 0.29) is 36.5 Å². The van der Waals surface area contributed by atoms with Crippen LogP contribution in [0.4, 0.5) is 0 Å². The van der Waals surface area contributed by atoms with Gasteiger partial charge in [0.05, 0.1) is 13.8 Å². The van der Waals surface area contributed by atoms with Crippen molar-refractivity contribution >= 4 is 37.4 Å². The lowest BCUT2D eigenvalue weighted by Gasteiger charge is -2.30. The molecule has 8 nitrogen and oxygen atoms in total. The van der Waals surface area contributed by atoms with E-state index in [2.05, 4.69) is 0 Å². The largest absolute Gasteiger partial charge is 0.336 e. The number of rotatable bonds is 4. The maximum Gasteiger partial charge on any atom is 0.336 e. The van der Waals surface area contributed by atoms with Gasteiger partial charge < -0.3 is 4.84 Å². The van der Waals surface area contributed by atoms with Gasteiger partial charge in [0, 0.05) is 31.1 Å². The van der Waals surface area contributed by atoms with Gasteiger partial charge in [0.15, 0.2) is 0 Å². The molecule has 138 valence electrons. The molecule has 2 aliphatic heterocycles. The quantitative estimate of drug-likeness (QED) is 0.530. The lowest BCUT2D eigenvalue weighted by atomic mass is 9.82. The zero-order chi connectivity index (χ0) is 19.0. The topological polar surface area (TPSA) is 101 Å². The summed E-state index contributed by atoms with van der Waals surface area (Å²) in [5.41, 5.74) is 0. The smallest absolute Gasteiger partial charge is 0.330 e. The van der Waals surface area contributed by atoms with Crippen molar-refractivity contribution in [1.29, 1.82) is 0 Å². The molecule has 2 heterocycles. The van der Waals surface area contributed by atoms with E-state index in [1.807, 2.05) is 0 Å². The fourth-order valence-electron chi connectivity index (χ4n) is 3.77. The van der Waals surface area contributed by atoms with Crippen molar-refractivity contribution in [2.24, 2.45) is 17.8 Å². The summed E-state index contributed by atoms with van der Waals surface area (Å²) >= 11 is 0. The first kappa shape index (κ1) is 18.6. The van der Waals surface area contributed by atoms with Crippen molar-refractivity contribution in [3.8, 4) is 0 Å². The normalized spacial score (nSPS) is 32.5. The summed E-state index contributed by atoms with van der Waals surface area (Å²) in [4.78, 5) is 65.7. The van der Waals surface area contributed by atoms with Gasteiger partial charge in [0.2, 0.25) is 11.8 Å². The summed E-state index contributed by atoms with van der Waals surface area (Å²) in [5.74, 6) is -3.64. The second kappa shape index (κ2) is 7.21. The van der Waals surface area contributed by atoms with Crippen LogP contribution in [-0.4, -0.2) is 54.0 Å². The Kier molecular flexibility index (Phi) is 5.16. The molecule has 9 heteroatoms. The van der Waals surface area contributed by atoms with Gasteiger partial charge in [-0.15, -0.1) is 5.06 Å². The molecule has 0 aromatic carbocycles. The Hall–Kier alpha value is -2.19.